The zero-order chi connectivity index (χ0) is 20.2. The quantitative estimate of drug-likeness (QED) is 0.648. The fourth-order valence-corrected chi connectivity index (χ4v) is 3.67. The van der Waals surface area contributed by atoms with Crippen LogP contribution in [0.1, 0.15) is 17.5 Å². The number of pyridine rings is 1. The van der Waals surface area contributed by atoms with Gasteiger partial charge in [0.1, 0.15) is 17.8 Å². The topological polar surface area (TPSA) is 71.5 Å². The van der Waals surface area contributed by atoms with Gasteiger partial charge in [-0.05, 0) is 35.1 Å². The van der Waals surface area contributed by atoms with E-state index in [1.165, 1.54) is 0 Å². The lowest BCUT2D eigenvalue weighted by molar-refractivity contribution is -0.129. The van der Waals surface area contributed by atoms with Crippen LogP contribution in [0.15, 0.2) is 60.8 Å². The van der Waals surface area contributed by atoms with E-state index in [2.05, 4.69) is 10.3 Å². The van der Waals surface area contributed by atoms with Gasteiger partial charge in [0.15, 0.2) is 0 Å². The molecule has 1 fully saturated rings. The van der Waals surface area contributed by atoms with Crippen LogP contribution in [-0.4, -0.2) is 34.5 Å². The minimum Gasteiger partial charge on any atom is -0.445 e. The molecule has 3 aromatic rings. The van der Waals surface area contributed by atoms with Crippen molar-refractivity contribution < 1.29 is 14.3 Å². The van der Waals surface area contributed by atoms with E-state index in [1.807, 2.05) is 54.6 Å². The van der Waals surface area contributed by atoms with Crippen LogP contribution in [0.4, 0.5) is 4.79 Å². The molecule has 7 heteroatoms. The van der Waals surface area contributed by atoms with E-state index in [-0.39, 0.29) is 12.5 Å². The second kappa shape index (κ2) is 8.49. The van der Waals surface area contributed by atoms with Crippen LogP contribution in [0.25, 0.3) is 10.8 Å². The number of amides is 2. The molecule has 0 bridgehead atoms. The van der Waals surface area contributed by atoms with E-state index in [0.29, 0.717) is 24.7 Å². The summed E-state index contributed by atoms with van der Waals surface area (Å²) in [5, 5.41) is 5.00. The van der Waals surface area contributed by atoms with E-state index in [0.717, 1.165) is 21.9 Å². The minimum atomic E-state index is -0.582. The highest BCUT2D eigenvalue weighted by molar-refractivity contribution is 6.34. The Kier molecular flexibility index (Phi) is 5.62. The molecule has 1 atom stereocenters. The zero-order valence-corrected chi connectivity index (χ0v) is 16.4. The van der Waals surface area contributed by atoms with Crippen LogP contribution in [0.5, 0.6) is 0 Å². The first kappa shape index (κ1) is 19.2. The first-order valence-electron chi connectivity index (χ1n) is 9.39. The highest BCUT2D eigenvalue weighted by Crippen LogP contribution is 2.23. The molecule has 1 saturated heterocycles. The Balaban J connectivity index is 1.33. The zero-order valence-electron chi connectivity index (χ0n) is 15.7. The SMILES string of the molecule is O=C(N[C@H]1CCN(Cc2ccc3c(Cl)nccc3c2)C1=O)OCc1ccccc1. The van der Waals surface area contributed by atoms with Gasteiger partial charge in [0.2, 0.25) is 5.91 Å². The number of carbonyl (C=O) groups excluding carboxylic acids is 2. The van der Waals surface area contributed by atoms with Crippen LogP contribution in [0.3, 0.4) is 0 Å². The largest absolute Gasteiger partial charge is 0.445 e. The highest BCUT2D eigenvalue weighted by Gasteiger charge is 2.33. The second-order valence-corrected chi connectivity index (χ2v) is 7.32. The number of carbonyl (C=O) groups is 2. The molecule has 0 aliphatic carbocycles. The average molecular weight is 410 g/mol. The molecule has 0 spiro atoms. The third-order valence-corrected chi connectivity index (χ3v) is 5.26. The highest BCUT2D eigenvalue weighted by atomic mass is 35.5. The number of hydrogen-bond acceptors (Lipinski definition) is 4. The number of aromatic nitrogens is 1. The molecular weight excluding hydrogens is 390 g/mol. The number of nitrogens with one attached hydrogen (secondary N) is 1. The fraction of sp³-hybridized carbons (Fsp3) is 0.227. The van der Waals surface area contributed by atoms with Gasteiger partial charge in [0, 0.05) is 24.7 Å². The molecule has 4 rings (SSSR count). The Labute approximate surface area is 173 Å². The van der Waals surface area contributed by atoms with Crippen molar-refractivity contribution in [1.82, 2.24) is 15.2 Å². The number of alkyl carbamates (subject to hydrolysis) is 1. The summed E-state index contributed by atoms with van der Waals surface area (Å²) >= 11 is 6.11. The van der Waals surface area contributed by atoms with Gasteiger partial charge in [0.05, 0.1) is 0 Å². The maximum Gasteiger partial charge on any atom is 0.408 e. The molecule has 0 radical (unpaired) electrons. The summed E-state index contributed by atoms with van der Waals surface area (Å²) < 4.78 is 5.21. The average Bonchev–Trinajstić information content (AvgIpc) is 3.07. The van der Waals surface area contributed by atoms with Gasteiger partial charge in [-0.3, -0.25) is 4.79 Å². The third-order valence-electron chi connectivity index (χ3n) is 4.96. The van der Waals surface area contributed by atoms with Crippen molar-refractivity contribution in [3.8, 4) is 0 Å². The molecule has 6 nitrogen and oxygen atoms in total. The maximum atomic E-state index is 12.7. The molecule has 1 aromatic heterocycles. The van der Waals surface area contributed by atoms with Crippen LogP contribution >= 0.6 is 11.6 Å². The first-order chi connectivity index (χ1) is 14.1. The van der Waals surface area contributed by atoms with Crippen LogP contribution in [0, 0.1) is 0 Å². The van der Waals surface area contributed by atoms with Gasteiger partial charge >= 0.3 is 6.09 Å². The molecule has 29 heavy (non-hydrogen) atoms. The lowest BCUT2D eigenvalue weighted by atomic mass is 10.1. The number of hydrogen-bond donors (Lipinski definition) is 1. The van der Waals surface area contributed by atoms with E-state index < -0.39 is 12.1 Å². The van der Waals surface area contributed by atoms with E-state index >= 15 is 0 Å². The smallest absolute Gasteiger partial charge is 0.408 e. The number of likely N-dealkylation sites (tertiary alicyclic amines) is 1. The van der Waals surface area contributed by atoms with Gasteiger partial charge in [-0.15, -0.1) is 0 Å². The van der Waals surface area contributed by atoms with Gasteiger partial charge in [-0.25, -0.2) is 9.78 Å². The summed E-state index contributed by atoms with van der Waals surface area (Å²) in [6.07, 6.45) is 1.64. The van der Waals surface area contributed by atoms with Crippen molar-refractivity contribution in [3.05, 3.63) is 77.1 Å². The van der Waals surface area contributed by atoms with Crippen LogP contribution in [-0.2, 0) is 22.7 Å². The number of fused-ring (bicyclic) bond motifs is 1. The Morgan fingerprint density at radius 3 is 2.83 bits per heavy atom. The van der Waals surface area contributed by atoms with Crippen molar-refractivity contribution in [2.24, 2.45) is 0 Å². The summed E-state index contributed by atoms with van der Waals surface area (Å²) in [7, 11) is 0. The summed E-state index contributed by atoms with van der Waals surface area (Å²) in [6.45, 7) is 1.23. The number of halogens is 1. The summed E-state index contributed by atoms with van der Waals surface area (Å²) in [5.74, 6) is -0.102. The molecule has 1 aliphatic heterocycles. The molecule has 2 aromatic carbocycles. The Morgan fingerprint density at radius 2 is 2.00 bits per heavy atom. The molecule has 2 amide bonds. The maximum absolute atomic E-state index is 12.7. The fourth-order valence-electron chi connectivity index (χ4n) is 3.45. The molecule has 0 unspecified atom stereocenters. The molecule has 1 N–H and O–H groups in total. The van der Waals surface area contributed by atoms with Gasteiger partial charge in [-0.1, -0.05) is 54.1 Å². The number of benzene rings is 2. The van der Waals surface area contributed by atoms with E-state index in [1.54, 1.807) is 11.1 Å². The monoisotopic (exact) mass is 409 g/mol. The van der Waals surface area contributed by atoms with Crippen molar-refractivity contribution >= 4 is 34.4 Å². The minimum absolute atomic E-state index is 0.102. The van der Waals surface area contributed by atoms with E-state index in [4.69, 9.17) is 16.3 Å². The first-order valence-corrected chi connectivity index (χ1v) is 9.77. The molecular formula is C22H20ClN3O3. The Morgan fingerprint density at radius 1 is 1.17 bits per heavy atom. The van der Waals surface area contributed by atoms with Gasteiger partial charge in [-0.2, -0.15) is 0 Å². The molecule has 2 heterocycles. The number of nitrogens with zero attached hydrogens (tertiary/aromatic N) is 2. The predicted molar refractivity (Wildman–Crippen MR) is 110 cm³/mol. The van der Waals surface area contributed by atoms with Crippen LogP contribution < -0.4 is 5.32 Å². The normalized spacial score (nSPS) is 16.2. The second-order valence-electron chi connectivity index (χ2n) is 6.96. The van der Waals surface area contributed by atoms with Crippen molar-refractivity contribution in [2.45, 2.75) is 25.6 Å². The summed E-state index contributed by atoms with van der Waals surface area (Å²) in [4.78, 5) is 30.5. The van der Waals surface area contributed by atoms with Gasteiger partial charge < -0.3 is 15.0 Å². The van der Waals surface area contributed by atoms with Crippen molar-refractivity contribution in [2.75, 3.05) is 6.54 Å². The summed E-state index contributed by atoms with van der Waals surface area (Å²) in [5.41, 5.74) is 1.90. The number of ether oxygens (including phenoxy) is 1. The lowest BCUT2D eigenvalue weighted by Crippen LogP contribution is -2.41. The Hall–Kier alpha value is -3.12. The number of rotatable bonds is 5. The summed E-state index contributed by atoms with van der Waals surface area (Å²) in [6, 6.07) is 16.6. The van der Waals surface area contributed by atoms with Gasteiger partial charge in [0.25, 0.3) is 0 Å². The third kappa shape index (κ3) is 4.49. The van der Waals surface area contributed by atoms with Crippen molar-refractivity contribution in [1.29, 1.82) is 0 Å². The lowest BCUT2D eigenvalue weighted by Gasteiger charge is -2.17. The van der Waals surface area contributed by atoms with Crippen LogP contribution in [0.2, 0.25) is 5.15 Å². The molecule has 148 valence electrons. The van der Waals surface area contributed by atoms with Crippen molar-refractivity contribution in [3.63, 3.8) is 0 Å². The van der Waals surface area contributed by atoms with E-state index in [9.17, 15) is 9.59 Å². The standard InChI is InChI=1S/C22H20ClN3O3/c23-20-18-7-6-16(12-17(18)8-10-24-20)13-26-11-9-19(21(26)27)25-22(28)29-14-15-4-2-1-3-5-15/h1-8,10,12,19H,9,11,13-14H2,(H,25,28)/t19-/m0/s1. The molecule has 0 saturated carbocycles. The molecule has 1 aliphatic rings. The predicted octanol–water partition coefficient (Wildman–Crippen LogP) is 3.92. The Bertz CT molecular complexity index is 1040.